The first-order chi connectivity index (χ1) is 9.84. The summed E-state index contributed by atoms with van der Waals surface area (Å²) in [6.45, 7) is 7.05. The van der Waals surface area contributed by atoms with Gasteiger partial charge in [0.15, 0.2) is 0 Å². The summed E-state index contributed by atoms with van der Waals surface area (Å²) in [6, 6.07) is 1.06. The van der Waals surface area contributed by atoms with Crippen molar-refractivity contribution in [3.05, 3.63) is 12.2 Å². The van der Waals surface area contributed by atoms with Crippen molar-refractivity contribution in [1.29, 1.82) is 0 Å². The zero-order valence-corrected chi connectivity index (χ0v) is 15.2. The van der Waals surface area contributed by atoms with E-state index in [1.54, 1.807) is 28.3 Å². The predicted molar refractivity (Wildman–Crippen MR) is 87.1 cm³/mol. The number of rotatable bonds is 6. The van der Waals surface area contributed by atoms with Gasteiger partial charge in [-0.2, -0.15) is 0 Å². The molecule has 0 bridgehead atoms. The second-order valence-corrected chi connectivity index (χ2v) is 9.19. The lowest BCUT2D eigenvalue weighted by molar-refractivity contribution is -0.114. The molecule has 5 nitrogen and oxygen atoms in total. The molecule has 1 heterocycles. The monoisotopic (exact) mass is 317 g/mol. The van der Waals surface area contributed by atoms with Crippen LogP contribution in [-0.4, -0.2) is 41.0 Å². The Balaban J connectivity index is 0.000000567. The van der Waals surface area contributed by atoms with Gasteiger partial charge in [0.1, 0.15) is 5.22 Å². The molecule has 0 aromatic heterocycles. The molecule has 1 aliphatic rings. The second-order valence-electron chi connectivity index (χ2n) is 5.46. The Labute approximate surface area is 130 Å². The Hall–Kier alpha value is -0.693. The number of ether oxygens (including phenoxy) is 1. The summed E-state index contributed by atoms with van der Waals surface area (Å²) >= 11 is 0. The maximum Gasteiger partial charge on any atom is 0.370 e. The van der Waals surface area contributed by atoms with Crippen LogP contribution in [0.25, 0.3) is 0 Å². The zero-order valence-electron chi connectivity index (χ0n) is 14.2. The molecule has 1 rings (SSSR count). The molecular formula is C15H31NO4Si. The second kappa shape index (κ2) is 9.35. The number of carbonyl (C=O) groups is 1. The van der Waals surface area contributed by atoms with Gasteiger partial charge in [-0.15, -0.1) is 0 Å². The molecule has 1 unspecified atom stereocenters. The molecule has 124 valence electrons. The Kier molecular flexibility index (Phi) is 9.04. The van der Waals surface area contributed by atoms with E-state index in [1.165, 1.54) is 12.8 Å². The van der Waals surface area contributed by atoms with E-state index < -0.39 is 14.5 Å². The summed E-state index contributed by atoms with van der Waals surface area (Å²) in [5.74, 6) is -0.435. The van der Waals surface area contributed by atoms with Gasteiger partial charge in [-0.05, 0) is 25.8 Å². The van der Waals surface area contributed by atoms with Gasteiger partial charge in [-0.3, -0.25) is 4.79 Å². The van der Waals surface area contributed by atoms with Crippen LogP contribution in [0.15, 0.2) is 12.2 Å². The van der Waals surface area contributed by atoms with Crippen molar-refractivity contribution in [3.63, 3.8) is 0 Å². The van der Waals surface area contributed by atoms with Crippen molar-refractivity contribution in [2.24, 2.45) is 5.73 Å². The topological polar surface area (TPSA) is 70.8 Å². The fraction of sp³-hybridized carbons (Fsp3) is 0.800. The van der Waals surface area contributed by atoms with E-state index in [4.69, 9.17) is 19.3 Å². The van der Waals surface area contributed by atoms with E-state index in [1.807, 2.05) is 0 Å². The lowest BCUT2D eigenvalue weighted by Gasteiger charge is -2.47. The minimum Gasteiger partial charge on any atom is -0.396 e. The summed E-state index contributed by atoms with van der Waals surface area (Å²) in [4.78, 5) is 9.82. The lowest BCUT2D eigenvalue weighted by atomic mass is 10.1. The summed E-state index contributed by atoms with van der Waals surface area (Å²) in [5.41, 5.74) is 5.09. The highest BCUT2D eigenvalue weighted by molar-refractivity contribution is 6.70. The number of methoxy groups -OCH3 is 1. The summed E-state index contributed by atoms with van der Waals surface area (Å²) in [6.07, 6.45) is 5.70. The Morgan fingerprint density at radius 3 is 2.14 bits per heavy atom. The highest BCUT2D eigenvalue weighted by atomic mass is 28.4. The van der Waals surface area contributed by atoms with Crippen LogP contribution >= 0.6 is 0 Å². The average molecular weight is 318 g/mol. The van der Waals surface area contributed by atoms with Crippen LogP contribution in [0.1, 0.15) is 46.0 Å². The van der Waals surface area contributed by atoms with Crippen LogP contribution in [0.5, 0.6) is 0 Å². The van der Waals surface area contributed by atoms with Gasteiger partial charge in [0, 0.05) is 26.9 Å². The van der Waals surface area contributed by atoms with Gasteiger partial charge in [-0.25, -0.2) is 0 Å². The highest BCUT2D eigenvalue weighted by Crippen LogP contribution is 2.42. The third-order valence-electron chi connectivity index (χ3n) is 4.16. The van der Waals surface area contributed by atoms with Crippen molar-refractivity contribution >= 4 is 14.5 Å². The maximum absolute atomic E-state index is 9.82. The van der Waals surface area contributed by atoms with Gasteiger partial charge in [-0.1, -0.05) is 32.8 Å². The third-order valence-corrected chi connectivity index (χ3v) is 8.58. The van der Waals surface area contributed by atoms with Crippen LogP contribution in [0.3, 0.4) is 0 Å². The first-order valence-corrected chi connectivity index (χ1v) is 9.47. The standard InChI is InChI=1S/C11H24O3Si.C4H7NO/c1-5-8-11(12-2)9-6-7-10-15(11,13-3)14-4;1-3(2)4(5)6/h5-10H2,1-4H3;1H2,2H3,(H2,5,6). The van der Waals surface area contributed by atoms with Crippen molar-refractivity contribution in [3.8, 4) is 0 Å². The largest absolute Gasteiger partial charge is 0.396 e. The van der Waals surface area contributed by atoms with E-state index in [2.05, 4.69) is 13.5 Å². The fourth-order valence-corrected chi connectivity index (χ4v) is 6.91. The number of nitrogens with two attached hydrogens (primary N) is 1. The number of primary amides is 1. The number of hydrogen-bond donors (Lipinski definition) is 1. The zero-order chi connectivity index (χ0) is 16.5. The van der Waals surface area contributed by atoms with Crippen LogP contribution < -0.4 is 5.73 Å². The van der Waals surface area contributed by atoms with Gasteiger partial charge in [0.25, 0.3) is 0 Å². The molecular weight excluding hydrogens is 286 g/mol. The Morgan fingerprint density at radius 2 is 1.81 bits per heavy atom. The summed E-state index contributed by atoms with van der Waals surface area (Å²) < 4.78 is 17.4. The molecule has 0 saturated carbocycles. The van der Waals surface area contributed by atoms with E-state index in [0.29, 0.717) is 5.57 Å². The van der Waals surface area contributed by atoms with Gasteiger partial charge in [0.2, 0.25) is 5.91 Å². The average Bonchev–Trinajstić information content (AvgIpc) is 2.48. The van der Waals surface area contributed by atoms with Crippen LogP contribution in [0.2, 0.25) is 6.04 Å². The lowest BCUT2D eigenvalue weighted by Crippen LogP contribution is -2.64. The first kappa shape index (κ1) is 20.3. The molecule has 1 fully saturated rings. The van der Waals surface area contributed by atoms with Crippen molar-refractivity contribution in [2.75, 3.05) is 21.3 Å². The van der Waals surface area contributed by atoms with E-state index in [0.717, 1.165) is 25.3 Å². The molecule has 1 aliphatic heterocycles. The predicted octanol–water partition coefficient (Wildman–Crippen LogP) is 2.68. The van der Waals surface area contributed by atoms with E-state index >= 15 is 0 Å². The summed E-state index contributed by atoms with van der Waals surface area (Å²) in [5, 5.41) is -0.122. The third kappa shape index (κ3) is 4.91. The molecule has 1 amide bonds. The van der Waals surface area contributed by atoms with Gasteiger partial charge < -0.3 is 19.3 Å². The molecule has 21 heavy (non-hydrogen) atoms. The van der Waals surface area contributed by atoms with Crippen LogP contribution in [0, 0.1) is 0 Å². The maximum atomic E-state index is 9.82. The minimum atomic E-state index is -2.15. The first-order valence-electron chi connectivity index (χ1n) is 7.45. The molecule has 2 N–H and O–H groups in total. The number of carbonyl (C=O) groups excluding carboxylic acids is 1. The van der Waals surface area contributed by atoms with Crippen molar-refractivity contribution in [2.45, 2.75) is 57.2 Å². The van der Waals surface area contributed by atoms with Crippen LogP contribution in [-0.2, 0) is 18.4 Å². The molecule has 1 atom stereocenters. The number of amides is 1. The molecule has 0 aromatic rings. The van der Waals surface area contributed by atoms with Gasteiger partial charge >= 0.3 is 8.56 Å². The molecule has 1 saturated heterocycles. The normalized spacial score (nSPS) is 23.9. The van der Waals surface area contributed by atoms with Crippen molar-refractivity contribution < 1.29 is 18.4 Å². The smallest absolute Gasteiger partial charge is 0.370 e. The van der Waals surface area contributed by atoms with Crippen LogP contribution in [0.4, 0.5) is 0 Å². The SMILES string of the molecule is C=C(C)C(N)=O.CCCC1(OC)CCCC[Si]1(OC)OC. The molecule has 0 aromatic carbocycles. The molecule has 0 radical (unpaired) electrons. The number of hydrogen-bond acceptors (Lipinski definition) is 4. The Morgan fingerprint density at radius 1 is 1.29 bits per heavy atom. The Bertz CT molecular complexity index is 329. The molecule has 6 heteroatoms. The highest BCUT2D eigenvalue weighted by Gasteiger charge is 2.58. The minimum absolute atomic E-state index is 0.122. The molecule has 0 aliphatic carbocycles. The van der Waals surface area contributed by atoms with E-state index in [9.17, 15) is 4.79 Å². The van der Waals surface area contributed by atoms with E-state index in [-0.39, 0.29) is 5.22 Å². The molecule has 0 spiro atoms. The van der Waals surface area contributed by atoms with Gasteiger partial charge in [0.05, 0.1) is 0 Å². The summed E-state index contributed by atoms with van der Waals surface area (Å²) in [7, 11) is 3.22. The quantitative estimate of drug-likeness (QED) is 0.604. The van der Waals surface area contributed by atoms with Crippen molar-refractivity contribution in [1.82, 2.24) is 0 Å². The fourth-order valence-electron chi connectivity index (χ4n) is 2.92.